The monoisotopic (exact) mass is 315 g/mol. The van der Waals surface area contributed by atoms with Gasteiger partial charge in [-0.15, -0.1) is 0 Å². The number of amides is 1. The summed E-state index contributed by atoms with van der Waals surface area (Å²) in [5, 5.41) is 2.81. The second kappa shape index (κ2) is 8.08. The van der Waals surface area contributed by atoms with Crippen LogP contribution in [-0.4, -0.2) is 26.7 Å². The molecule has 2 aromatic rings. The average Bonchev–Trinajstić information content (AvgIpc) is 2.56. The van der Waals surface area contributed by atoms with Crippen LogP contribution in [0.1, 0.15) is 12.0 Å². The lowest BCUT2D eigenvalue weighted by Gasteiger charge is -2.11. The van der Waals surface area contributed by atoms with Crippen molar-refractivity contribution in [2.45, 2.75) is 13.3 Å². The van der Waals surface area contributed by atoms with Crippen molar-refractivity contribution in [3.8, 4) is 17.2 Å². The molecular weight excluding hydrogens is 294 g/mol. The van der Waals surface area contributed by atoms with E-state index >= 15 is 0 Å². The summed E-state index contributed by atoms with van der Waals surface area (Å²) < 4.78 is 15.9. The minimum absolute atomic E-state index is 0.121. The van der Waals surface area contributed by atoms with E-state index in [1.54, 1.807) is 32.4 Å². The van der Waals surface area contributed by atoms with E-state index in [2.05, 4.69) is 5.32 Å². The number of hydrogen-bond acceptors (Lipinski definition) is 4. The topological polar surface area (TPSA) is 56.8 Å². The summed E-state index contributed by atoms with van der Waals surface area (Å²) in [6.45, 7) is 2.34. The molecule has 23 heavy (non-hydrogen) atoms. The van der Waals surface area contributed by atoms with Crippen LogP contribution in [0.3, 0.4) is 0 Å². The standard InChI is InChI=1S/C18H21NO4/c1-13-4-7-15(8-5-13)23-11-10-18(20)19-14-6-9-16(21-2)17(12-14)22-3/h4-9,12H,10-11H2,1-3H3,(H,19,20). The molecule has 2 aromatic carbocycles. The van der Waals surface area contributed by atoms with Gasteiger partial charge in [0, 0.05) is 11.8 Å². The molecular formula is C18H21NO4. The van der Waals surface area contributed by atoms with E-state index in [4.69, 9.17) is 14.2 Å². The molecule has 0 spiro atoms. The van der Waals surface area contributed by atoms with Crippen LogP contribution < -0.4 is 19.5 Å². The Morgan fingerprint density at radius 3 is 2.35 bits per heavy atom. The van der Waals surface area contributed by atoms with Gasteiger partial charge in [-0.1, -0.05) is 17.7 Å². The molecule has 0 saturated carbocycles. The van der Waals surface area contributed by atoms with Gasteiger partial charge < -0.3 is 19.5 Å². The van der Waals surface area contributed by atoms with Crippen molar-refractivity contribution >= 4 is 11.6 Å². The molecule has 0 aromatic heterocycles. The maximum Gasteiger partial charge on any atom is 0.227 e. The summed E-state index contributed by atoms with van der Waals surface area (Å²) in [4.78, 5) is 11.9. The first-order valence-electron chi connectivity index (χ1n) is 7.33. The number of carbonyl (C=O) groups excluding carboxylic acids is 1. The fourth-order valence-corrected chi connectivity index (χ4v) is 2.03. The summed E-state index contributed by atoms with van der Waals surface area (Å²) in [7, 11) is 3.12. The largest absolute Gasteiger partial charge is 0.493 e. The van der Waals surface area contributed by atoms with Gasteiger partial charge in [-0.05, 0) is 31.2 Å². The maximum absolute atomic E-state index is 11.9. The van der Waals surface area contributed by atoms with Crippen LogP contribution >= 0.6 is 0 Å². The zero-order chi connectivity index (χ0) is 16.7. The van der Waals surface area contributed by atoms with Gasteiger partial charge in [-0.3, -0.25) is 4.79 Å². The SMILES string of the molecule is COc1ccc(NC(=O)CCOc2ccc(C)cc2)cc1OC. The Labute approximate surface area is 136 Å². The van der Waals surface area contributed by atoms with Crippen molar-refractivity contribution in [1.29, 1.82) is 0 Å². The molecule has 0 unspecified atom stereocenters. The number of rotatable bonds is 7. The minimum atomic E-state index is -0.121. The number of benzene rings is 2. The van der Waals surface area contributed by atoms with Gasteiger partial charge in [0.2, 0.25) is 5.91 Å². The molecule has 0 radical (unpaired) electrons. The van der Waals surface area contributed by atoms with Crippen LogP contribution in [-0.2, 0) is 4.79 Å². The highest BCUT2D eigenvalue weighted by Gasteiger charge is 2.07. The van der Waals surface area contributed by atoms with Crippen LogP contribution in [0.5, 0.6) is 17.2 Å². The lowest BCUT2D eigenvalue weighted by molar-refractivity contribution is -0.116. The van der Waals surface area contributed by atoms with Gasteiger partial charge in [0.15, 0.2) is 11.5 Å². The van der Waals surface area contributed by atoms with E-state index in [-0.39, 0.29) is 12.3 Å². The average molecular weight is 315 g/mol. The first-order chi connectivity index (χ1) is 11.1. The second-order valence-electron chi connectivity index (χ2n) is 5.03. The van der Waals surface area contributed by atoms with Crippen molar-refractivity contribution in [3.63, 3.8) is 0 Å². The third-order valence-corrected chi connectivity index (χ3v) is 3.29. The highest BCUT2D eigenvalue weighted by molar-refractivity contribution is 5.91. The van der Waals surface area contributed by atoms with Gasteiger partial charge in [0.05, 0.1) is 27.2 Å². The molecule has 1 amide bonds. The first kappa shape index (κ1) is 16.7. The van der Waals surface area contributed by atoms with E-state index in [9.17, 15) is 4.79 Å². The van der Waals surface area contributed by atoms with Crippen molar-refractivity contribution in [2.24, 2.45) is 0 Å². The van der Waals surface area contributed by atoms with E-state index < -0.39 is 0 Å². The molecule has 0 atom stereocenters. The van der Waals surface area contributed by atoms with Crippen molar-refractivity contribution in [2.75, 3.05) is 26.1 Å². The van der Waals surface area contributed by atoms with Crippen LogP contribution in [0.25, 0.3) is 0 Å². The van der Waals surface area contributed by atoms with E-state index in [1.165, 1.54) is 5.56 Å². The number of anilines is 1. The molecule has 1 N–H and O–H groups in total. The third kappa shape index (κ3) is 4.92. The Morgan fingerprint density at radius 1 is 1.00 bits per heavy atom. The molecule has 0 heterocycles. The molecule has 0 aliphatic carbocycles. The normalized spacial score (nSPS) is 10.0. The van der Waals surface area contributed by atoms with E-state index in [1.807, 2.05) is 31.2 Å². The van der Waals surface area contributed by atoms with Gasteiger partial charge in [0.1, 0.15) is 5.75 Å². The van der Waals surface area contributed by atoms with Crippen LogP contribution in [0, 0.1) is 6.92 Å². The smallest absolute Gasteiger partial charge is 0.227 e. The number of ether oxygens (including phenoxy) is 3. The van der Waals surface area contributed by atoms with E-state index in [0.717, 1.165) is 5.75 Å². The molecule has 122 valence electrons. The van der Waals surface area contributed by atoms with Crippen LogP contribution in [0.2, 0.25) is 0 Å². The molecule has 0 aliphatic rings. The summed E-state index contributed by atoms with van der Waals surface area (Å²) in [6.07, 6.45) is 0.266. The molecule has 0 aliphatic heterocycles. The number of methoxy groups -OCH3 is 2. The Bertz CT molecular complexity index is 653. The summed E-state index contributed by atoms with van der Waals surface area (Å²) in [5.41, 5.74) is 1.83. The molecule has 0 saturated heterocycles. The summed E-state index contributed by atoms with van der Waals surface area (Å²) in [6, 6.07) is 13.0. The molecule has 0 fully saturated rings. The predicted molar refractivity (Wildman–Crippen MR) is 89.5 cm³/mol. The van der Waals surface area contributed by atoms with Crippen LogP contribution in [0.15, 0.2) is 42.5 Å². The number of aryl methyl sites for hydroxylation is 1. The number of hydrogen-bond donors (Lipinski definition) is 1. The summed E-state index contributed by atoms with van der Waals surface area (Å²) in [5.74, 6) is 1.83. The Morgan fingerprint density at radius 2 is 1.70 bits per heavy atom. The first-order valence-corrected chi connectivity index (χ1v) is 7.33. The third-order valence-electron chi connectivity index (χ3n) is 3.29. The number of nitrogens with one attached hydrogen (secondary N) is 1. The minimum Gasteiger partial charge on any atom is -0.493 e. The van der Waals surface area contributed by atoms with Crippen LogP contribution in [0.4, 0.5) is 5.69 Å². The molecule has 5 heteroatoms. The Hall–Kier alpha value is -2.69. The molecule has 5 nitrogen and oxygen atoms in total. The van der Waals surface area contributed by atoms with E-state index in [0.29, 0.717) is 23.8 Å². The maximum atomic E-state index is 11.9. The van der Waals surface area contributed by atoms with Crippen molar-refractivity contribution in [1.82, 2.24) is 0 Å². The van der Waals surface area contributed by atoms with Gasteiger partial charge in [-0.25, -0.2) is 0 Å². The zero-order valence-corrected chi connectivity index (χ0v) is 13.6. The lowest BCUT2D eigenvalue weighted by Crippen LogP contribution is -2.15. The number of carbonyl (C=O) groups is 1. The Kier molecular flexibility index (Phi) is 5.86. The second-order valence-corrected chi connectivity index (χ2v) is 5.03. The van der Waals surface area contributed by atoms with Gasteiger partial charge in [-0.2, -0.15) is 0 Å². The van der Waals surface area contributed by atoms with Crippen molar-refractivity contribution in [3.05, 3.63) is 48.0 Å². The lowest BCUT2D eigenvalue weighted by atomic mass is 10.2. The predicted octanol–water partition coefficient (Wildman–Crippen LogP) is 3.42. The molecule has 0 bridgehead atoms. The highest BCUT2D eigenvalue weighted by atomic mass is 16.5. The van der Waals surface area contributed by atoms with Gasteiger partial charge in [0.25, 0.3) is 0 Å². The fraction of sp³-hybridized carbons (Fsp3) is 0.278. The fourth-order valence-electron chi connectivity index (χ4n) is 2.03. The highest BCUT2D eigenvalue weighted by Crippen LogP contribution is 2.29. The zero-order valence-electron chi connectivity index (χ0n) is 13.6. The summed E-state index contributed by atoms with van der Waals surface area (Å²) >= 11 is 0. The molecule has 2 rings (SSSR count). The van der Waals surface area contributed by atoms with Crippen molar-refractivity contribution < 1.29 is 19.0 Å². The quantitative estimate of drug-likeness (QED) is 0.850. The van der Waals surface area contributed by atoms with Gasteiger partial charge >= 0.3 is 0 Å². The Balaban J connectivity index is 1.83.